The maximum Gasteiger partial charge on any atom is 0.270 e. The summed E-state index contributed by atoms with van der Waals surface area (Å²) in [6.45, 7) is 2.79. The van der Waals surface area contributed by atoms with Crippen LogP contribution in [-0.4, -0.2) is 38.8 Å². The number of aryl methyl sites for hydroxylation is 1. The molecule has 7 heteroatoms. The highest BCUT2D eigenvalue weighted by Crippen LogP contribution is 2.11. The molecule has 0 fully saturated rings. The quantitative estimate of drug-likeness (QED) is 0.699. The third-order valence-electron chi connectivity index (χ3n) is 3.30. The summed E-state index contributed by atoms with van der Waals surface area (Å²) in [5, 5.41) is 10.2. The molecule has 7 nitrogen and oxygen atoms in total. The van der Waals surface area contributed by atoms with Crippen LogP contribution in [0.4, 0.5) is 0 Å². The first kappa shape index (κ1) is 15.7. The molecule has 2 heterocycles. The number of carbonyl (C=O) groups is 1. The van der Waals surface area contributed by atoms with Gasteiger partial charge in [0.15, 0.2) is 0 Å². The highest BCUT2D eigenvalue weighted by Gasteiger charge is 2.08. The van der Waals surface area contributed by atoms with E-state index >= 15 is 0 Å². The van der Waals surface area contributed by atoms with Gasteiger partial charge in [-0.05, 0) is 36.8 Å². The third kappa shape index (κ3) is 3.95. The van der Waals surface area contributed by atoms with Gasteiger partial charge in [-0.15, -0.1) is 10.2 Å². The van der Waals surface area contributed by atoms with Crippen LogP contribution in [0, 0.1) is 6.92 Å². The van der Waals surface area contributed by atoms with E-state index in [1.54, 1.807) is 22.8 Å². The van der Waals surface area contributed by atoms with Crippen LogP contribution in [0.15, 0.2) is 55.1 Å². The van der Waals surface area contributed by atoms with Crippen molar-refractivity contribution in [2.75, 3.05) is 13.2 Å². The molecule has 0 radical (unpaired) electrons. The summed E-state index contributed by atoms with van der Waals surface area (Å²) in [5.41, 5.74) is 1.46. The molecule has 0 saturated heterocycles. The number of ether oxygens (including phenoxy) is 1. The van der Waals surface area contributed by atoms with E-state index in [9.17, 15) is 4.79 Å². The normalized spacial score (nSPS) is 10.4. The van der Waals surface area contributed by atoms with Crippen molar-refractivity contribution in [3.05, 3.63) is 66.4 Å². The van der Waals surface area contributed by atoms with E-state index in [4.69, 9.17) is 4.74 Å². The second-order valence-electron chi connectivity index (χ2n) is 5.17. The second kappa shape index (κ2) is 7.36. The lowest BCUT2D eigenvalue weighted by molar-refractivity contribution is 0.0942. The van der Waals surface area contributed by atoms with Gasteiger partial charge in [0.25, 0.3) is 5.91 Å². The summed E-state index contributed by atoms with van der Waals surface area (Å²) < 4.78 is 7.24. The van der Waals surface area contributed by atoms with Gasteiger partial charge >= 0.3 is 0 Å². The Morgan fingerprint density at radius 3 is 2.75 bits per heavy atom. The minimum Gasteiger partial charge on any atom is -0.492 e. The molecule has 0 spiro atoms. The van der Waals surface area contributed by atoms with Crippen LogP contribution in [0.1, 0.15) is 16.1 Å². The van der Waals surface area contributed by atoms with Crippen molar-refractivity contribution in [1.29, 1.82) is 0 Å². The summed E-state index contributed by atoms with van der Waals surface area (Å²) in [7, 11) is 0. The predicted octanol–water partition coefficient (Wildman–Crippen LogP) is 1.78. The van der Waals surface area contributed by atoms with Crippen LogP contribution in [0.3, 0.4) is 0 Å². The Bertz CT molecular complexity index is 817. The number of hydrogen-bond donors (Lipinski definition) is 1. The lowest BCUT2D eigenvalue weighted by atomic mass is 10.2. The molecule has 3 rings (SSSR count). The van der Waals surface area contributed by atoms with E-state index in [1.165, 1.54) is 12.7 Å². The van der Waals surface area contributed by atoms with Gasteiger partial charge in [0.1, 0.15) is 36.5 Å². The molecule has 0 aliphatic heterocycles. The van der Waals surface area contributed by atoms with Crippen LogP contribution >= 0.6 is 0 Å². The molecule has 1 aromatic carbocycles. The van der Waals surface area contributed by atoms with Gasteiger partial charge in [0.2, 0.25) is 0 Å². The Hall–Kier alpha value is -3.22. The lowest BCUT2D eigenvalue weighted by Gasteiger charge is -2.08. The molecule has 0 atom stereocenters. The van der Waals surface area contributed by atoms with E-state index in [-0.39, 0.29) is 5.91 Å². The molecule has 3 aromatic rings. The van der Waals surface area contributed by atoms with Gasteiger partial charge in [-0.3, -0.25) is 9.36 Å². The molecule has 122 valence electrons. The topological polar surface area (TPSA) is 81.9 Å². The van der Waals surface area contributed by atoms with Gasteiger partial charge in [-0.25, -0.2) is 4.98 Å². The molecule has 0 bridgehead atoms. The fraction of sp³-hybridized carbons (Fsp3) is 0.176. The number of rotatable bonds is 6. The van der Waals surface area contributed by atoms with E-state index < -0.39 is 0 Å². The fourth-order valence-electron chi connectivity index (χ4n) is 2.14. The highest BCUT2D eigenvalue weighted by molar-refractivity contribution is 5.92. The first-order chi connectivity index (χ1) is 11.7. The average Bonchev–Trinajstić information content (AvgIpc) is 3.13. The molecular formula is C17H17N5O2. The number of benzene rings is 1. The van der Waals surface area contributed by atoms with Crippen molar-refractivity contribution >= 4 is 5.91 Å². The van der Waals surface area contributed by atoms with Gasteiger partial charge in [0, 0.05) is 0 Å². The third-order valence-corrected chi connectivity index (χ3v) is 3.30. The Labute approximate surface area is 139 Å². The van der Waals surface area contributed by atoms with Crippen LogP contribution in [0.5, 0.6) is 5.75 Å². The van der Waals surface area contributed by atoms with Crippen LogP contribution in [-0.2, 0) is 0 Å². The van der Waals surface area contributed by atoms with E-state index in [2.05, 4.69) is 20.5 Å². The van der Waals surface area contributed by atoms with Crippen LogP contribution in [0.2, 0.25) is 0 Å². The second-order valence-corrected chi connectivity index (χ2v) is 5.17. The molecule has 1 N–H and O–H groups in total. The molecular weight excluding hydrogens is 306 g/mol. The van der Waals surface area contributed by atoms with Crippen molar-refractivity contribution in [3.8, 4) is 11.6 Å². The molecule has 0 saturated carbocycles. The summed E-state index contributed by atoms with van der Waals surface area (Å²) in [6, 6.07) is 13.0. The Morgan fingerprint density at radius 2 is 1.96 bits per heavy atom. The predicted molar refractivity (Wildman–Crippen MR) is 88.2 cm³/mol. The zero-order valence-corrected chi connectivity index (χ0v) is 13.2. The average molecular weight is 323 g/mol. The van der Waals surface area contributed by atoms with Crippen molar-refractivity contribution in [1.82, 2.24) is 25.1 Å². The maximum absolute atomic E-state index is 12.2. The summed E-state index contributed by atoms with van der Waals surface area (Å²) in [4.78, 5) is 16.5. The first-order valence-electron chi connectivity index (χ1n) is 7.52. The van der Waals surface area contributed by atoms with Crippen molar-refractivity contribution in [3.63, 3.8) is 0 Å². The van der Waals surface area contributed by atoms with Gasteiger partial charge in [-0.2, -0.15) is 0 Å². The molecule has 1 amide bonds. The van der Waals surface area contributed by atoms with E-state index in [1.807, 2.05) is 31.2 Å². The van der Waals surface area contributed by atoms with E-state index in [0.29, 0.717) is 24.7 Å². The molecule has 0 aliphatic carbocycles. The minimum atomic E-state index is -0.252. The number of aromatic nitrogens is 4. The van der Waals surface area contributed by atoms with Gasteiger partial charge in [0.05, 0.1) is 6.54 Å². The van der Waals surface area contributed by atoms with Crippen LogP contribution in [0.25, 0.3) is 5.82 Å². The van der Waals surface area contributed by atoms with Gasteiger partial charge < -0.3 is 10.1 Å². The lowest BCUT2D eigenvalue weighted by Crippen LogP contribution is -2.29. The Morgan fingerprint density at radius 1 is 1.17 bits per heavy atom. The standard InChI is InChI=1S/C17H17N5O2/c1-13-4-2-5-14(10-13)24-9-8-18-17(23)15-6-3-7-16(21-15)22-11-19-20-12-22/h2-7,10-12H,8-9H2,1H3,(H,18,23). The zero-order valence-electron chi connectivity index (χ0n) is 13.2. The SMILES string of the molecule is Cc1cccc(OCCNC(=O)c2cccc(-n3cnnc3)n2)c1. The van der Waals surface area contributed by atoms with Crippen LogP contribution < -0.4 is 10.1 Å². The molecule has 0 aliphatic rings. The number of hydrogen-bond acceptors (Lipinski definition) is 5. The monoisotopic (exact) mass is 323 g/mol. The maximum atomic E-state index is 12.2. The summed E-state index contributed by atoms with van der Waals surface area (Å²) in [6.07, 6.45) is 3.05. The Balaban J connectivity index is 1.53. The number of pyridine rings is 1. The van der Waals surface area contributed by atoms with E-state index in [0.717, 1.165) is 11.3 Å². The Kier molecular flexibility index (Phi) is 4.81. The smallest absolute Gasteiger partial charge is 0.270 e. The summed E-state index contributed by atoms with van der Waals surface area (Å²) in [5.74, 6) is 1.12. The number of amides is 1. The zero-order chi connectivity index (χ0) is 16.8. The molecule has 24 heavy (non-hydrogen) atoms. The largest absolute Gasteiger partial charge is 0.492 e. The molecule has 0 unspecified atom stereocenters. The highest BCUT2D eigenvalue weighted by atomic mass is 16.5. The molecule has 2 aromatic heterocycles. The fourth-order valence-corrected chi connectivity index (χ4v) is 2.14. The number of nitrogens with zero attached hydrogens (tertiary/aromatic N) is 4. The number of carbonyl (C=O) groups excluding carboxylic acids is 1. The number of nitrogens with one attached hydrogen (secondary N) is 1. The first-order valence-corrected chi connectivity index (χ1v) is 7.52. The van der Waals surface area contributed by atoms with Crippen molar-refractivity contribution in [2.24, 2.45) is 0 Å². The van der Waals surface area contributed by atoms with Gasteiger partial charge in [-0.1, -0.05) is 18.2 Å². The van der Waals surface area contributed by atoms with Crippen molar-refractivity contribution in [2.45, 2.75) is 6.92 Å². The van der Waals surface area contributed by atoms with Crippen molar-refractivity contribution < 1.29 is 9.53 Å². The summed E-state index contributed by atoms with van der Waals surface area (Å²) >= 11 is 0. The minimum absolute atomic E-state index is 0.252.